The van der Waals surface area contributed by atoms with Gasteiger partial charge >= 0.3 is 0 Å². The normalized spacial score (nSPS) is 11.6. The van der Waals surface area contributed by atoms with Crippen LogP contribution in [0.2, 0.25) is 0 Å². The van der Waals surface area contributed by atoms with Gasteiger partial charge in [0.15, 0.2) is 5.58 Å². The molecule has 0 aliphatic rings. The first-order chi connectivity index (χ1) is 27.3. The van der Waals surface area contributed by atoms with E-state index in [9.17, 15) is 0 Å². The first-order valence-corrected chi connectivity index (χ1v) is 18.8. The number of para-hydroxylation sites is 4. The van der Waals surface area contributed by atoms with Gasteiger partial charge in [0.05, 0.1) is 16.9 Å². The van der Waals surface area contributed by atoms with Crippen molar-refractivity contribution in [3.8, 4) is 27.9 Å². The second kappa shape index (κ2) is 12.6. The maximum atomic E-state index is 7.03. The third-order valence-electron chi connectivity index (χ3n) is 11.0. The Hall–Kier alpha value is -7.36. The predicted octanol–water partition coefficient (Wildman–Crippen LogP) is 14.6. The molecule has 55 heavy (non-hydrogen) atoms. The van der Waals surface area contributed by atoms with Crippen LogP contribution in [0.25, 0.3) is 82.5 Å². The highest BCUT2D eigenvalue weighted by Crippen LogP contribution is 2.47. The minimum Gasteiger partial charge on any atom is -0.453 e. The molecule has 258 valence electrons. The first kappa shape index (κ1) is 31.2. The molecule has 0 bridgehead atoms. The molecule has 0 N–H and O–H groups in total. The van der Waals surface area contributed by atoms with E-state index >= 15 is 0 Å². The number of aromatic nitrogens is 1. The van der Waals surface area contributed by atoms with E-state index in [4.69, 9.17) is 4.42 Å². The van der Waals surface area contributed by atoms with E-state index < -0.39 is 0 Å². The number of furan rings is 1. The zero-order valence-electron chi connectivity index (χ0n) is 29.9. The Balaban J connectivity index is 1.14. The molecule has 3 nitrogen and oxygen atoms in total. The van der Waals surface area contributed by atoms with Crippen LogP contribution in [-0.4, -0.2) is 4.57 Å². The summed E-state index contributed by atoms with van der Waals surface area (Å²) in [7, 11) is 0. The smallest absolute Gasteiger partial charge is 0.161 e. The Morgan fingerprint density at radius 2 is 0.927 bits per heavy atom. The number of hydrogen-bond donors (Lipinski definition) is 0. The zero-order chi connectivity index (χ0) is 36.3. The molecule has 0 saturated heterocycles. The summed E-state index contributed by atoms with van der Waals surface area (Å²) in [5, 5.41) is 7.05. The average Bonchev–Trinajstić information content (AvgIpc) is 3.79. The highest BCUT2D eigenvalue weighted by molar-refractivity contribution is 6.19. The Morgan fingerprint density at radius 1 is 0.364 bits per heavy atom. The number of hydrogen-bond acceptors (Lipinski definition) is 2. The maximum absolute atomic E-state index is 7.03. The minimum atomic E-state index is 0.875. The molecule has 2 heterocycles. The van der Waals surface area contributed by atoms with Gasteiger partial charge in [-0.1, -0.05) is 152 Å². The lowest BCUT2D eigenvalue weighted by Crippen LogP contribution is -2.11. The van der Waals surface area contributed by atoms with E-state index in [-0.39, 0.29) is 0 Å². The van der Waals surface area contributed by atoms with Crippen LogP contribution in [0.4, 0.5) is 17.1 Å². The molecule has 2 aromatic heterocycles. The van der Waals surface area contributed by atoms with Crippen molar-refractivity contribution in [3.63, 3.8) is 0 Å². The Morgan fingerprint density at radius 3 is 1.76 bits per heavy atom. The first-order valence-electron chi connectivity index (χ1n) is 18.8. The molecule has 0 saturated carbocycles. The molecule has 0 aliphatic carbocycles. The SMILES string of the molecule is c1ccc(-n2c3ccccc3c3oc4c(-c5ccccc5N(c5ccc(-c6cccc7ccccc67)cc5)c5cccc6ccccc56)cccc4c32)cc1. The van der Waals surface area contributed by atoms with Gasteiger partial charge in [-0.2, -0.15) is 0 Å². The summed E-state index contributed by atoms with van der Waals surface area (Å²) in [6.45, 7) is 0. The second-order valence-corrected chi connectivity index (χ2v) is 14.1. The standard InChI is InChI=1S/C52H34N2O/c1-2-19-38(20-3-1)54-49-29-11-9-24-45(49)52-50(54)46-27-14-26-44(51(46)55-52)43-23-8-10-28-48(43)53(47-30-13-18-36-16-5-7-22-42(36)47)39-33-31-37(32-34-39)41-25-12-17-35-15-4-6-21-40(35)41/h1-34H. The Labute approximate surface area is 318 Å². The monoisotopic (exact) mass is 702 g/mol. The Bertz CT molecular complexity index is 3200. The molecule has 3 heteroatoms. The highest BCUT2D eigenvalue weighted by Gasteiger charge is 2.24. The molecule has 11 aromatic rings. The van der Waals surface area contributed by atoms with Crippen molar-refractivity contribution in [1.82, 2.24) is 4.57 Å². The van der Waals surface area contributed by atoms with Gasteiger partial charge in [-0.3, -0.25) is 0 Å². The van der Waals surface area contributed by atoms with Crippen LogP contribution in [0.1, 0.15) is 0 Å². The topological polar surface area (TPSA) is 21.3 Å². The van der Waals surface area contributed by atoms with Crippen molar-refractivity contribution in [1.29, 1.82) is 0 Å². The molecule has 9 aromatic carbocycles. The number of benzene rings is 9. The summed E-state index contributed by atoms with van der Waals surface area (Å²) in [6.07, 6.45) is 0. The van der Waals surface area contributed by atoms with Crippen molar-refractivity contribution >= 4 is 71.6 Å². The quantitative estimate of drug-likeness (QED) is 0.172. The van der Waals surface area contributed by atoms with Crippen molar-refractivity contribution in [3.05, 3.63) is 206 Å². The second-order valence-electron chi connectivity index (χ2n) is 14.1. The van der Waals surface area contributed by atoms with Crippen molar-refractivity contribution in [2.75, 3.05) is 4.90 Å². The molecule has 0 radical (unpaired) electrons. The molecule has 11 rings (SSSR count). The summed E-state index contributed by atoms with van der Waals surface area (Å²) in [5.41, 5.74) is 12.9. The third kappa shape index (κ3) is 4.98. The number of fused-ring (bicyclic) bond motifs is 7. The summed E-state index contributed by atoms with van der Waals surface area (Å²) in [6, 6.07) is 73.8. The lowest BCUT2D eigenvalue weighted by Gasteiger charge is -2.29. The molecule has 0 fully saturated rings. The minimum absolute atomic E-state index is 0.875. The van der Waals surface area contributed by atoms with Gasteiger partial charge in [0.1, 0.15) is 11.1 Å². The van der Waals surface area contributed by atoms with Crippen LogP contribution in [0.5, 0.6) is 0 Å². The van der Waals surface area contributed by atoms with E-state index in [2.05, 4.69) is 216 Å². The van der Waals surface area contributed by atoms with E-state index in [1.54, 1.807) is 0 Å². The van der Waals surface area contributed by atoms with Crippen LogP contribution in [0, 0.1) is 0 Å². The van der Waals surface area contributed by atoms with Gasteiger partial charge in [-0.05, 0) is 81.9 Å². The zero-order valence-corrected chi connectivity index (χ0v) is 29.9. The van der Waals surface area contributed by atoms with Crippen LogP contribution >= 0.6 is 0 Å². The fraction of sp³-hybridized carbons (Fsp3) is 0. The van der Waals surface area contributed by atoms with Crippen LogP contribution in [-0.2, 0) is 0 Å². The van der Waals surface area contributed by atoms with Gasteiger partial charge in [0.2, 0.25) is 0 Å². The molecule has 0 spiro atoms. The summed E-state index contributed by atoms with van der Waals surface area (Å²) >= 11 is 0. The summed E-state index contributed by atoms with van der Waals surface area (Å²) in [5.74, 6) is 0. The third-order valence-corrected chi connectivity index (χ3v) is 11.0. The van der Waals surface area contributed by atoms with Crippen molar-refractivity contribution in [2.45, 2.75) is 0 Å². The Kier molecular flexibility index (Phi) is 7.17. The maximum Gasteiger partial charge on any atom is 0.161 e. The number of nitrogens with zero attached hydrogens (tertiary/aromatic N) is 2. The van der Waals surface area contributed by atoms with Crippen LogP contribution < -0.4 is 4.90 Å². The molecular formula is C52H34N2O. The molecule has 0 unspecified atom stereocenters. The predicted molar refractivity (Wildman–Crippen MR) is 231 cm³/mol. The highest BCUT2D eigenvalue weighted by atomic mass is 16.3. The van der Waals surface area contributed by atoms with Crippen molar-refractivity contribution < 1.29 is 4.42 Å². The lowest BCUT2D eigenvalue weighted by atomic mass is 9.97. The molecule has 0 amide bonds. The van der Waals surface area contributed by atoms with Gasteiger partial charge in [-0.15, -0.1) is 0 Å². The summed E-state index contributed by atoms with van der Waals surface area (Å²) < 4.78 is 9.37. The van der Waals surface area contributed by atoms with E-state index in [1.807, 2.05) is 0 Å². The lowest BCUT2D eigenvalue weighted by molar-refractivity contribution is 0.674. The van der Waals surface area contributed by atoms with Gasteiger partial charge in [-0.25, -0.2) is 0 Å². The fourth-order valence-corrected chi connectivity index (χ4v) is 8.52. The molecular weight excluding hydrogens is 669 g/mol. The van der Waals surface area contributed by atoms with E-state index in [0.717, 1.165) is 66.8 Å². The molecule has 0 aliphatic heterocycles. The number of rotatable bonds is 6. The fourth-order valence-electron chi connectivity index (χ4n) is 8.52. The van der Waals surface area contributed by atoms with Crippen LogP contribution in [0.15, 0.2) is 211 Å². The van der Waals surface area contributed by atoms with Gasteiger partial charge in [0, 0.05) is 38.7 Å². The van der Waals surface area contributed by atoms with Crippen LogP contribution in [0.3, 0.4) is 0 Å². The summed E-state index contributed by atoms with van der Waals surface area (Å²) in [4.78, 5) is 2.41. The van der Waals surface area contributed by atoms with E-state index in [0.29, 0.717) is 0 Å². The van der Waals surface area contributed by atoms with Gasteiger partial charge in [0.25, 0.3) is 0 Å². The molecule has 0 atom stereocenters. The van der Waals surface area contributed by atoms with Gasteiger partial charge < -0.3 is 13.9 Å². The average molecular weight is 703 g/mol. The largest absolute Gasteiger partial charge is 0.453 e. The number of anilines is 3. The van der Waals surface area contributed by atoms with E-state index in [1.165, 1.54) is 32.7 Å². The van der Waals surface area contributed by atoms with Crippen molar-refractivity contribution in [2.24, 2.45) is 0 Å².